The molecule has 0 radical (unpaired) electrons. The van der Waals surface area contributed by atoms with Crippen molar-refractivity contribution in [3.8, 4) is 5.75 Å². The summed E-state index contributed by atoms with van der Waals surface area (Å²) in [6.07, 6.45) is -12.9. The largest absolute Gasteiger partial charge is 0.420 e. The number of amides is 1. The predicted octanol–water partition coefficient (Wildman–Crippen LogP) is 4.53. The highest BCUT2D eigenvalue weighted by molar-refractivity contribution is 7.80. The Bertz CT molecular complexity index is 1270. The average molecular weight is 598 g/mol. The van der Waals surface area contributed by atoms with E-state index in [-0.39, 0.29) is 48.9 Å². The third kappa shape index (κ3) is 7.09. The van der Waals surface area contributed by atoms with Crippen molar-refractivity contribution in [1.29, 1.82) is 0 Å². The van der Waals surface area contributed by atoms with Crippen molar-refractivity contribution in [3.05, 3.63) is 46.9 Å². The Hall–Kier alpha value is -3.24. The summed E-state index contributed by atoms with van der Waals surface area (Å²) in [5.74, 6) is -2.07. The molecule has 1 aromatic carbocycles. The van der Waals surface area contributed by atoms with E-state index in [1.54, 1.807) is 19.0 Å². The molecule has 1 saturated heterocycles. The van der Waals surface area contributed by atoms with Crippen LogP contribution >= 0.6 is 12.2 Å². The number of aryl methyl sites for hydroxylation is 1. The second kappa shape index (κ2) is 11.7. The zero-order valence-corrected chi connectivity index (χ0v) is 22.6. The molecule has 0 bridgehead atoms. The van der Waals surface area contributed by atoms with Gasteiger partial charge >= 0.3 is 18.4 Å². The number of alkyl halides is 6. The minimum atomic E-state index is -5.36. The van der Waals surface area contributed by atoms with E-state index in [1.165, 1.54) is 11.8 Å². The molecule has 40 heavy (non-hydrogen) atoms. The van der Waals surface area contributed by atoms with Gasteiger partial charge in [0.25, 0.3) is 0 Å². The van der Waals surface area contributed by atoms with Crippen molar-refractivity contribution < 1.29 is 45.4 Å². The monoisotopic (exact) mass is 597 g/mol. The van der Waals surface area contributed by atoms with Gasteiger partial charge in [-0.2, -0.15) is 26.3 Å². The quantitative estimate of drug-likeness (QED) is 0.369. The highest BCUT2D eigenvalue weighted by Gasteiger charge is 2.43. The number of aromatic nitrogens is 1. The summed E-state index contributed by atoms with van der Waals surface area (Å²) in [7, 11) is 4.51. The van der Waals surface area contributed by atoms with E-state index in [9.17, 15) is 40.6 Å². The molecular formula is C24H26F7N5O3S. The van der Waals surface area contributed by atoms with Gasteiger partial charge in [0.05, 0.1) is 23.0 Å². The minimum Gasteiger partial charge on any atom is -0.407 e. The SMILES string of the molecule is Cc1nc(N(C)C(=O)Oc2c(N3CCN(CC(O)CN(C)C)C3=S)cc(C(F)(F)F)cc2C(F)(F)F)ccc1F. The molecule has 0 spiro atoms. The zero-order chi connectivity index (χ0) is 30.2. The van der Waals surface area contributed by atoms with E-state index >= 15 is 0 Å². The van der Waals surface area contributed by atoms with E-state index in [2.05, 4.69) is 4.98 Å². The van der Waals surface area contributed by atoms with Gasteiger partial charge in [-0.1, -0.05) is 0 Å². The number of pyridine rings is 1. The molecule has 220 valence electrons. The number of carbonyl (C=O) groups excluding carboxylic acids is 1. The number of aliphatic hydroxyl groups excluding tert-OH is 1. The number of carbonyl (C=O) groups is 1. The first-order valence-electron chi connectivity index (χ1n) is 11.7. The van der Waals surface area contributed by atoms with Gasteiger partial charge in [0.1, 0.15) is 17.2 Å². The Morgan fingerprint density at radius 3 is 2.33 bits per heavy atom. The highest BCUT2D eigenvalue weighted by atomic mass is 32.1. The molecule has 2 heterocycles. The molecule has 0 saturated carbocycles. The molecule has 2 aromatic rings. The van der Waals surface area contributed by atoms with Crippen LogP contribution in [0.4, 0.5) is 47.0 Å². The topological polar surface area (TPSA) is 72.4 Å². The number of β-amino-alcohol motifs (C(OH)–C–C–N with tert-alkyl or cyclic N) is 1. The minimum absolute atomic E-state index is 0.0357. The number of hydrogen-bond acceptors (Lipinski definition) is 6. The molecule has 8 nitrogen and oxygen atoms in total. The standard InChI is InChI=1S/C24H26F7N5O3S/c1-13-17(25)5-6-19(32-13)34(4)22(38)39-20-16(24(29,30)31)9-14(23(26,27)28)10-18(20)36-8-7-35(21(36)40)12-15(37)11-33(2)3/h5-6,9-10,15,37H,7-8,11-12H2,1-4H3. The summed E-state index contributed by atoms with van der Waals surface area (Å²) in [4.78, 5) is 21.5. The maximum Gasteiger partial charge on any atom is 0.420 e. The van der Waals surface area contributed by atoms with E-state index in [4.69, 9.17) is 17.0 Å². The number of thiocarbonyl (C=S) groups is 1. The lowest BCUT2D eigenvalue weighted by Gasteiger charge is -2.28. The average Bonchev–Trinajstić information content (AvgIpc) is 3.17. The van der Waals surface area contributed by atoms with Crippen molar-refractivity contribution >= 4 is 34.9 Å². The van der Waals surface area contributed by atoms with Gasteiger partial charge in [0.15, 0.2) is 10.9 Å². The third-order valence-electron chi connectivity index (χ3n) is 5.91. The second-order valence-corrected chi connectivity index (χ2v) is 9.69. The molecule has 1 aliphatic heterocycles. The van der Waals surface area contributed by atoms with Crippen LogP contribution in [0.3, 0.4) is 0 Å². The fraction of sp³-hybridized carbons (Fsp3) is 0.458. The fourth-order valence-electron chi connectivity index (χ4n) is 3.97. The van der Waals surface area contributed by atoms with Crippen LogP contribution < -0.4 is 14.5 Å². The third-order valence-corrected chi connectivity index (χ3v) is 6.39. The Morgan fingerprint density at radius 2 is 1.77 bits per heavy atom. The second-order valence-electron chi connectivity index (χ2n) is 9.33. The van der Waals surface area contributed by atoms with Gasteiger partial charge in [-0.3, -0.25) is 4.90 Å². The lowest BCUT2D eigenvalue weighted by atomic mass is 10.1. The van der Waals surface area contributed by atoms with Crippen LogP contribution in [0.2, 0.25) is 0 Å². The number of nitrogens with zero attached hydrogens (tertiary/aromatic N) is 5. The zero-order valence-electron chi connectivity index (χ0n) is 21.8. The van der Waals surface area contributed by atoms with E-state index < -0.39 is 52.9 Å². The maximum atomic E-state index is 14.1. The van der Waals surface area contributed by atoms with Crippen LogP contribution in [0.5, 0.6) is 5.75 Å². The number of anilines is 2. The van der Waals surface area contributed by atoms with Gasteiger partial charge in [0.2, 0.25) is 0 Å². The molecule has 1 aromatic heterocycles. The maximum absolute atomic E-state index is 14.1. The van der Waals surface area contributed by atoms with Crippen LogP contribution in [0.25, 0.3) is 0 Å². The van der Waals surface area contributed by atoms with Crippen LogP contribution in [0, 0.1) is 12.7 Å². The van der Waals surface area contributed by atoms with Crippen LogP contribution in [-0.4, -0.2) is 84.5 Å². The summed E-state index contributed by atoms with van der Waals surface area (Å²) in [5, 5.41) is 10.1. The van der Waals surface area contributed by atoms with E-state index in [0.29, 0.717) is 11.0 Å². The van der Waals surface area contributed by atoms with Crippen molar-refractivity contribution in [2.45, 2.75) is 25.4 Å². The molecule has 1 atom stereocenters. The Balaban J connectivity index is 2.07. The summed E-state index contributed by atoms with van der Waals surface area (Å²) in [6.45, 7) is 1.42. The van der Waals surface area contributed by atoms with Crippen molar-refractivity contribution in [2.75, 3.05) is 57.1 Å². The first-order valence-corrected chi connectivity index (χ1v) is 12.1. The first kappa shape index (κ1) is 31.3. The summed E-state index contributed by atoms with van der Waals surface area (Å²) in [6, 6.07) is 2.33. The molecular weight excluding hydrogens is 571 g/mol. The van der Waals surface area contributed by atoms with Crippen molar-refractivity contribution in [3.63, 3.8) is 0 Å². The number of ether oxygens (including phenoxy) is 1. The van der Waals surface area contributed by atoms with Gasteiger partial charge in [-0.25, -0.2) is 14.2 Å². The number of aliphatic hydroxyl groups is 1. The number of benzene rings is 1. The van der Waals surface area contributed by atoms with Gasteiger partial charge in [-0.05, 0) is 57.5 Å². The smallest absolute Gasteiger partial charge is 0.407 e. The van der Waals surface area contributed by atoms with Crippen LogP contribution in [-0.2, 0) is 12.4 Å². The van der Waals surface area contributed by atoms with Gasteiger partial charge < -0.3 is 24.5 Å². The highest BCUT2D eigenvalue weighted by Crippen LogP contribution is 2.47. The van der Waals surface area contributed by atoms with Crippen LogP contribution in [0.1, 0.15) is 16.8 Å². The summed E-state index contributed by atoms with van der Waals surface area (Å²) < 4.78 is 102. The Labute approximate surface area is 230 Å². The molecule has 1 fully saturated rings. The number of hydrogen-bond donors (Lipinski definition) is 1. The molecule has 1 amide bonds. The molecule has 1 unspecified atom stereocenters. The Kier molecular flexibility index (Phi) is 9.16. The molecule has 1 aliphatic rings. The summed E-state index contributed by atoms with van der Waals surface area (Å²) in [5.41, 5.74) is -4.33. The first-order chi connectivity index (χ1) is 18.4. The lowest BCUT2D eigenvalue weighted by molar-refractivity contribution is -0.143. The summed E-state index contributed by atoms with van der Waals surface area (Å²) >= 11 is 5.35. The Morgan fingerprint density at radius 1 is 1.12 bits per heavy atom. The van der Waals surface area contributed by atoms with E-state index in [1.807, 2.05) is 0 Å². The van der Waals surface area contributed by atoms with E-state index in [0.717, 1.165) is 24.1 Å². The van der Waals surface area contributed by atoms with Crippen molar-refractivity contribution in [1.82, 2.24) is 14.8 Å². The number of halogens is 7. The van der Waals surface area contributed by atoms with Crippen LogP contribution in [0.15, 0.2) is 24.3 Å². The molecule has 16 heteroatoms. The van der Waals surface area contributed by atoms with Crippen molar-refractivity contribution in [2.24, 2.45) is 0 Å². The predicted molar refractivity (Wildman–Crippen MR) is 136 cm³/mol. The number of rotatable bonds is 7. The normalized spacial score (nSPS) is 15.2. The van der Waals surface area contributed by atoms with Gasteiger partial charge in [0, 0.05) is 33.2 Å². The number of likely N-dealkylation sites (N-methyl/N-ethyl adjacent to an activating group) is 1. The molecule has 1 N–H and O–H groups in total. The molecule has 3 rings (SSSR count). The lowest BCUT2D eigenvalue weighted by Crippen LogP contribution is -2.40. The fourth-order valence-corrected chi connectivity index (χ4v) is 4.33. The van der Waals surface area contributed by atoms with Gasteiger partial charge in [-0.15, -0.1) is 0 Å². The molecule has 0 aliphatic carbocycles.